The SMILES string of the molecule is CCC(CC)NCC(C)OCCCC(C)C. The van der Waals surface area contributed by atoms with E-state index in [2.05, 4.69) is 39.9 Å². The minimum absolute atomic E-state index is 0.341. The third kappa shape index (κ3) is 9.17. The molecule has 0 aromatic heterocycles. The maximum atomic E-state index is 5.77. The molecule has 0 bridgehead atoms. The van der Waals surface area contributed by atoms with Crippen molar-refractivity contribution in [3.8, 4) is 0 Å². The molecule has 98 valence electrons. The molecule has 0 amide bonds. The van der Waals surface area contributed by atoms with Crippen LogP contribution in [0.2, 0.25) is 0 Å². The van der Waals surface area contributed by atoms with Crippen LogP contribution in [0.1, 0.15) is 60.3 Å². The highest BCUT2D eigenvalue weighted by atomic mass is 16.5. The van der Waals surface area contributed by atoms with Gasteiger partial charge in [0.1, 0.15) is 0 Å². The summed E-state index contributed by atoms with van der Waals surface area (Å²) in [5.74, 6) is 0.793. The van der Waals surface area contributed by atoms with Crippen LogP contribution < -0.4 is 5.32 Å². The van der Waals surface area contributed by atoms with Crippen LogP contribution in [0.15, 0.2) is 0 Å². The second-order valence-electron chi connectivity index (χ2n) is 5.14. The highest BCUT2D eigenvalue weighted by Gasteiger charge is 2.06. The van der Waals surface area contributed by atoms with E-state index in [0.717, 1.165) is 19.1 Å². The Balaban J connectivity index is 3.40. The van der Waals surface area contributed by atoms with Gasteiger partial charge in [0.15, 0.2) is 0 Å². The van der Waals surface area contributed by atoms with Gasteiger partial charge in [-0.05, 0) is 38.5 Å². The van der Waals surface area contributed by atoms with Crippen LogP contribution in [0.25, 0.3) is 0 Å². The van der Waals surface area contributed by atoms with E-state index in [0.29, 0.717) is 12.1 Å². The molecule has 1 unspecified atom stereocenters. The first kappa shape index (κ1) is 15.9. The summed E-state index contributed by atoms with van der Waals surface area (Å²) in [5, 5.41) is 3.54. The van der Waals surface area contributed by atoms with E-state index in [1.54, 1.807) is 0 Å². The topological polar surface area (TPSA) is 21.3 Å². The third-order valence-corrected chi connectivity index (χ3v) is 3.01. The van der Waals surface area contributed by atoms with Gasteiger partial charge in [-0.1, -0.05) is 27.7 Å². The number of hydrogen-bond donors (Lipinski definition) is 1. The van der Waals surface area contributed by atoms with E-state index in [1.165, 1.54) is 25.7 Å². The second kappa shape index (κ2) is 10.1. The van der Waals surface area contributed by atoms with Crippen LogP contribution in [-0.4, -0.2) is 25.3 Å². The Kier molecular flexibility index (Phi) is 10.0. The monoisotopic (exact) mass is 229 g/mol. The summed E-state index contributed by atoms with van der Waals surface area (Å²) < 4.78 is 5.77. The molecule has 0 rings (SSSR count). The van der Waals surface area contributed by atoms with Gasteiger partial charge in [0.05, 0.1) is 6.10 Å². The largest absolute Gasteiger partial charge is 0.377 e. The van der Waals surface area contributed by atoms with Gasteiger partial charge in [0.25, 0.3) is 0 Å². The van der Waals surface area contributed by atoms with Gasteiger partial charge >= 0.3 is 0 Å². The first-order valence-corrected chi connectivity index (χ1v) is 6.95. The van der Waals surface area contributed by atoms with E-state index in [-0.39, 0.29) is 0 Å². The molecule has 1 atom stereocenters. The Labute approximate surface area is 102 Å². The van der Waals surface area contributed by atoms with Gasteiger partial charge in [-0.3, -0.25) is 0 Å². The molecule has 0 aromatic rings. The Morgan fingerprint density at radius 1 is 1.06 bits per heavy atom. The number of rotatable bonds is 10. The minimum Gasteiger partial charge on any atom is -0.377 e. The quantitative estimate of drug-likeness (QED) is 0.578. The fourth-order valence-electron chi connectivity index (χ4n) is 1.75. The van der Waals surface area contributed by atoms with E-state index >= 15 is 0 Å². The van der Waals surface area contributed by atoms with Crippen LogP contribution in [0.3, 0.4) is 0 Å². The van der Waals surface area contributed by atoms with Crippen LogP contribution >= 0.6 is 0 Å². The number of nitrogens with one attached hydrogen (secondary N) is 1. The van der Waals surface area contributed by atoms with Gasteiger partial charge in [0, 0.05) is 19.2 Å². The molecular formula is C14H31NO. The number of ether oxygens (including phenoxy) is 1. The molecule has 0 heterocycles. The average Bonchev–Trinajstić information content (AvgIpc) is 2.25. The number of hydrogen-bond acceptors (Lipinski definition) is 2. The Bertz CT molecular complexity index is 144. The third-order valence-electron chi connectivity index (χ3n) is 3.01. The lowest BCUT2D eigenvalue weighted by atomic mass is 10.1. The average molecular weight is 229 g/mol. The fourth-order valence-corrected chi connectivity index (χ4v) is 1.75. The van der Waals surface area contributed by atoms with E-state index < -0.39 is 0 Å². The molecule has 0 spiro atoms. The van der Waals surface area contributed by atoms with Crippen molar-refractivity contribution < 1.29 is 4.74 Å². The molecule has 0 aliphatic rings. The highest BCUT2D eigenvalue weighted by Crippen LogP contribution is 2.04. The molecule has 0 saturated carbocycles. The zero-order valence-corrected chi connectivity index (χ0v) is 11.9. The van der Waals surface area contributed by atoms with Crippen molar-refractivity contribution in [1.82, 2.24) is 5.32 Å². The summed E-state index contributed by atoms with van der Waals surface area (Å²) in [6.45, 7) is 13.0. The smallest absolute Gasteiger partial charge is 0.0671 e. The Hall–Kier alpha value is -0.0800. The zero-order valence-electron chi connectivity index (χ0n) is 11.9. The van der Waals surface area contributed by atoms with Gasteiger partial charge in [-0.25, -0.2) is 0 Å². The van der Waals surface area contributed by atoms with Crippen molar-refractivity contribution in [2.75, 3.05) is 13.2 Å². The van der Waals surface area contributed by atoms with Crippen molar-refractivity contribution in [2.45, 2.75) is 72.4 Å². The summed E-state index contributed by atoms with van der Waals surface area (Å²) in [6, 6.07) is 0.654. The Morgan fingerprint density at radius 3 is 2.19 bits per heavy atom. The molecule has 2 nitrogen and oxygen atoms in total. The zero-order chi connectivity index (χ0) is 12.4. The summed E-state index contributed by atoms with van der Waals surface area (Å²) in [7, 11) is 0. The van der Waals surface area contributed by atoms with Crippen LogP contribution in [0.4, 0.5) is 0 Å². The van der Waals surface area contributed by atoms with Crippen molar-refractivity contribution in [1.29, 1.82) is 0 Å². The van der Waals surface area contributed by atoms with Crippen molar-refractivity contribution in [3.05, 3.63) is 0 Å². The molecule has 0 aliphatic carbocycles. The molecule has 16 heavy (non-hydrogen) atoms. The van der Waals surface area contributed by atoms with Crippen LogP contribution in [0, 0.1) is 5.92 Å². The summed E-state index contributed by atoms with van der Waals surface area (Å²) >= 11 is 0. The standard InChI is InChI=1S/C14H31NO/c1-6-14(7-2)15-11-13(5)16-10-8-9-12(3)4/h12-15H,6-11H2,1-5H3. The molecule has 0 saturated heterocycles. The van der Waals surface area contributed by atoms with Gasteiger partial charge in [-0.15, -0.1) is 0 Å². The lowest BCUT2D eigenvalue weighted by Gasteiger charge is -2.19. The Morgan fingerprint density at radius 2 is 1.69 bits per heavy atom. The molecule has 0 radical (unpaired) electrons. The maximum Gasteiger partial charge on any atom is 0.0671 e. The van der Waals surface area contributed by atoms with E-state index in [4.69, 9.17) is 4.74 Å². The van der Waals surface area contributed by atoms with Crippen LogP contribution in [-0.2, 0) is 4.74 Å². The van der Waals surface area contributed by atoms with Gasteiger partial charge in [0.2, 0.25) is 0 Å². The molecule has 1 N–H and O–H groups in total. The molecule has 2 heteroatoms. The lowest BCUT2D eigenvalue weighted by molar-refractivity contribution is 0.0597. The van der Waals surface area contributed by atoms with Crippen molar-refractivity contribution >= 4 is 0 Å². The molecule has 0 aromatic carbocycles. The summed E-state index contributed by atoms with van der Waals surface area (Å²) in [6.07, 6.45) is 5.21. The van der Waals surface area contributed by atoms with E-state index in [1.807, 2.05) is 0 Å². The van der Waals surface area contributed by atoms with Crippen molar-refractivity contribution in [2.24, 2.45) is 5.92 Å². The van der Waals surface area contributed by atoms with Crippen LogP contribution in [0.5, 0.6) is 0 Å². The van der Waals surface area contributed by atoms with Crippen molar-refractivity contribution in [3.63, 3.8) is 0 Å². The molecular weight excluding hydrogens is 198 g/mol. The van der Waals surface area contributed by atoms with Gasteiger partial charge < -0.3 is 10.1 Å². The molecule has 0 fully saturated rings. The highest BCUT2D eigenvalue weighted by molar-refractivity contribution is 4.65. The fraction of sp³-hybridized carbons (Fsp3) is 1.00. The first-order chi connectivity index (χ1) is 7.60. The maximum absolute atomic E-state index is 5.77. The first-order valence-electron chi connectivity index (χ1n) is 6.95. The predicted molar refractivity (Wildman–Crippen MR) is 71.9 cm³/mol. The van der Waals surface area contributed by atoms with Gasteiger partial charge in [-0.2, -0.15) is 0 Å². The predicted octanol–water partition coefficient (Wildman–Crippen LogP) is 3.61. The van der Waals surface area contributed by atoms with E-state index in [9.17, 15) is 0 Å². The lowest BCUT2D eigenvalue weighted by Crippen LogP contribution is -2.34. The minimum atomic E-state index is 0.341. The summed E-state index contributed by atoms with van der Waals surface area (Å²) in [5.41, 5.74) is 0. The summed E-state index contributed by atoms with van der Waals surface area (Å²) in [4.78, 5) is 0. The molecule has 0 aliphatic heterocycles. The normalized spacial score (nSPS) is 13.7. The second-order valence-corrected chi connectivity index (χ2v) is 5.14.